The highest BCUT2D eigenvalue weighted by atomic mass is 19.1. The maximum absolute atomic E-state index is 12.9. The highest BCUT2D eigenvalue weighted by molar-refractivity contribution is 5.29. The van der Waals surface area contributed by atoms with Crippen molar-refractivity contribution in [2.75, 3.05) is 0 Å². The summed E-state index contributed by atoms with van der Waals surface area (Å²) in [6.45, 7) is 6.03. The molecule has 0 aliphatic rings. The van der Waals surface area contributed by atoms with Crippen LogP contribution in [0.3, 0.4) is 0 Å². The molecule has 0 radical (unpaired) electrons. The molecule has 0 saturated carbocycles. The lowest BCUT2D eigenvalue weighted by atomic mass is 9.93. The maximum Gasteiger partial charge on any atom is 0.123 e. The number of hydrogen-bond acceptors (Lipinski definition) is 1. The van der Waals surface area contributed by atoms with Crippen LogP contribution in [0.2, 0.25) is 0 Å². The Morgan fingerprint density at radius 2 is 1.92 bits per heavy atom. The van der Waals surface area contributed by atoms with Gasteiger partial charge in [0.25, 0.3) is 0 Å². The summed E-state index contributed by atoms with van der Waals surface area (Å²) >= 11 is 0. The van der Waals surface area contributed by atoms with Crippen molar-refractivity contribution in [2.24, 2.45) is 11.7 Å². The predicted molar refractivity (Wildman–Crippen MR) is 52.9 cm³/mol. The van der Waals surface area contributed by atoms with Gasteiger partial charge < -0.3 is 5.73 Å². The average molecular weight is 181 g/mol. The fourth-order valence-corrected chi connectivity index (χ4v) is 1.33. The van der Waals surface area contributed by atoms with Gasteiger partial charge in [-0.1, -0.05) is 19.9 Å². The molecule has 0 bridgehead atoms. The van der Waals surface area contributed by atoms with Gasteiger partial charge in [-0.05, 0) is 36.1 Å². The Morgan fingerprint density at radius 3 is 2.46 bits per heavy atom. The predicted octanol–water partition coefficient (Wildman–Crippen LogP) is 2.79. The maximum atomic E-state index is 12.9. The molecule has 0 aliphatic carbocycles. The van der Waals surface area contributed by atoms with Crippen molar-refractivity contribution < 1.29 is 4.39 Å². The molecule has 1 aromatic carbocycles. The summed E-state index contributed by atoms with van der Waals surface area (Å²) in [5.41, 5.74) is 7.91. The molecule has 1 aromatic rings. The largest absolute Gasteiger partial charge is 0.324 e. The van der Waals surface area contributed by atoms with Gasteiger partial charge in [-0.15, -0.1) is 0 Å². The van der Waals surface area contributed by atoms with Gasteiger partial charge in [0.2, 0.25) is 0 Å². The summed E-state index contributed by atoms with van der Waals surface area (Å²) in [4.78, 5) is 0. The number of benzene rings is 1. The standard InChI is InChI=1S/C11H16FN/c1-7(2)11(13)10-6-9(12)5-4-8(10)3/h4-7,11H,13H2,1-3H3/t11-/m1/s1. The molecule has 2 N–H and O–H groups in total. The summed E-state index contributed by atoms with van der Waals surface area (Å²) in [7, 11) is 0. The van der Waals surface area contributed by atoms with Gasteiger partial charge in [0.1, 0.15) is 5.82 Å². The summed E-state index contributed by atoms with van der Waals surface area (Å²) in [6, 6.07) is 4.69. The molecule has 0 saturated heterocycles. The zero-order chi connectivity index (χ0) is 10.0. The SMILES string of the molecule is Cc1ccc(F)cc1[C@H](N)C(C)C. The third-order valence-electron chi connectivity index (χ3n) is 2.32. The van der Waals surface area contributed by atoms with Crippen LogP contribution in [0.4, 0.5) is 4.39 Å². The first kappa shape index (κ1) is 10.2. The lowest BCUT2D eigenvalue weighted by molar-refractivity contribution is 0.508. The van der Waals surface area contributed by atoms with E-state index in [1.165, 1.54) is 12.1 Å². The van der Waals surface area contributed by atoms with E-state index >= 15 is 0 Å². The Hall–Kier alpha value is -0.890. The van der Waals surface area contributed by atoms with Gasteiger partial charge in [-0.25, -0.2) is 4.39 Å². The summed E-state index contributed by atoms with van der Waals surface area (Å²) in [5, 5.41) is 0. The minimum atomic E-state index is -0.211. The summed E-state index contributed by atoms with van der Waals surface area (Å²) in [5.74, 6) is 0.122. The van der Waals surface area contributed by atoms with E-state index in [1.54, 1.807) is 6.07 Å². The third-order valence-corrected chi connectivity index (χ3v) is 2.32. The van der Waals surface area contributed by atoms with Crippen LogP contribution in [0.5, 0.6) is 0 Å². The Labute approximate surface area is 78.8 Å². The molecule has 0 aromatic heterocycles. The molecular formula is C11H16FN. The molecular weight excluding hydrogens is 165 g/mol. The molecule has 0 amide bonds. The van der Waals surface area contributed by atoms with E-state index in [1.807, 2.05) is 20.8 Å². The number of rotatable bonds is 2. The molecule has 0 fully saturated rings. The molecule has 13 heavy (non-hydrogen) atoms. The molecule has 2 heteroatoms. The average Bonchev–Trinajstić information content (AvgIpc) is 2.08. The Kier molecular flexibility index (Phi) is 3.04. The zero-order valence-corrected chi connectivity index (χ0v) is 8.34. The number of halogens is 1. The van der Waals surface area contributed by atoms with Gasteiger partial charge in [0, 0.05) is 6.04 Å². The molecule has 72 valence electrons. The van der Waals surface area contributed by atoms with E-state index < -0.39 is 0 Å². The fraction of sp³-hybridized carbons (Fsp3) is 0.455. The van der Waals surface area contributed by atoms with Gasteiger partial charge >= 0.3 is 0 Å². The van der Waals surface area contributed by atoms with E-state index in [9.17, 15) is 4.39 Å². The first-order valence-corrected chi connectivity index (χ1v) is 4.54. The van der Waals surface area contributed by atoms with Crippen molar-refractivity contribution in [1.29, 1.82) is 0 Å². The van der Waals surface area contributed by atoms with Crippen LogP contribution >= 0.6 is 0 Å². The molecule has 0 heterocycles. The molecule has 0 unspecified atom stereocenters. The van der Waals surface area contributed by atoms with Crippen LogP contribution in [0.15, 0.2) is 18.2 Å². The minimum absolute atomic E-state index is 0.0734. The first-order chi connectivity index (χ1) is 6.02. The number of nitrogens with two attached hydrogens (primary N) is 1. The van der Waals surface area contributed by atoms with Gasteiger partial charge in [-0.2, -0.15) is 0 Å². The molecule has 1 rings (SSSR count). The monoisotopic (exact) mass is 181 g/mol. The Morgan fingerprint density at radius 1 is 1.31 bits per heavy atom. The van der Waals surface area contributed by atoms with Crippen LogP contribution in [-0.4, -0.2) is 0 Å². The lowest BCUT2D eigenvalue weighted by Gasteiger charge is -2.18. The van der Waals surface area contributed by atoms with E-state index in [-0.39, 0.29) is 11.9 Å². The molecule has 0 aliphatic heterocycles. The van der Waals surface area contributed by atoms with Crippen molar-refractivity contribution in [3.8, 4) is 0 Å². The summed E-state index contributed by atoms with van der Waals surface area (Å²) in [6.07, 6.45) is 0. The van der Waals surface area contributed by atoms with Crippen LogP contribution < -0.4 is 5.73 Å². The first-order valence-electron chi connectivity index (χ1n) is 4.54. The number of hydrogen-bond donors (Lipinski definition) is 1. The van der Waals surface area contributed by atoms with Crippen molar-refractivity contribution in [3.63, 3.8) is 0 Å². The summed E-state index contributed by atoms with van der Waals surface area (Å²) < 4.78 is 12.9. The van der Waals surface area contributed by atoms with Crippen molar-refractivity contribution >= 4 is 0 Å². The second-order valence-electron chi connectivity index (χ2n) is 3.77. The number of aryl methyl sites for hydroxylation is 1. The van der Waals surface area contributed by atoms with Gasteiger partial charge in [0.15, 0.2) is 0 Å². The van der Waals surface area contributed by atoms with Crippen LogP contribution in [-0.2, 0) is 0 Å². The second-order valence-corrected chi connectivity index (χ2v) is 3.77. The van der Waals surface area contributed by atoms with E-state index in [2.05, 4.69) is 0 Å². The topological polar surface area (TPSA) is 26.0 Å². The second kappa shape index (κ2) is 3.88. The Balaban J connectivity index is 3.05. The minimum Gasteiger partial charge on any atom is -0.324 e. The van der Waals surface area contributed by atoms with Crippen LogP contribution in [0.1, 0.15) is 31.0 Å². The quantitative estimate of drug-likeness (QED) is 0.746. The Bertz CT molecular complexity index is 294. The van der Waals surface area contributed by atoms with Crippen molar-refractivity contribution in [2.45, 2.75) is 26.8 Å². The normalized spacial score (nSPS) is 13.4. The van der Waals surface area contributed by atoms with Gasteiger partial charge in [0.05, 0.1) is 0 Å². The zero-order valence-electron chi connectivity index (χ0n) is 8.34. The highest BCUT2D eigenvalue weighted by Crippen LogP contribution is 2.22. The lowest BCUT2D eigenvalue weighted by Crippen LogP contribution is -2.17. The van der Waals surface area contributed by atoms with E-state index in [0.29, 0.717) is 5.92 Å². The van der Waals surface area contributed by atoms with Crippen LogP contribution in [0.25, 0.3) is 0 Å². The van der Waals surface area contributed by atoms with E-state index in [4.69, 9.17) is 5.73 Å². The van der Waals surface area contributed by atoms with Crippen molar-refractivity contribution in [1.82, 2.24) is 0 Å². The molecule has 0 spiro atoms. The highest BCUT2D eigenvalue weighted by Gasteiger charge is 2.13. The van der Waals surface area contributed by atoms with Gasteiger partial charge in [-0.3, -0.25) is 0 Å². The fourth-order valence-electron chi connectivity index (χ4n) is 1.33. The van der Waals surface area contributed by atoms with E-state index in [0.717, 1.165) is 11.1 Å². The van der Waals surface area contributed by atoms with Crippen molar-refractivity contribution in [3.05, 3.63) is 35.1 Å². The molecule has 1 nitrogen and oxygen atoms in total. The molecule has 1 atom stereocenters. The van der Waals surface area contributed by atoms with Crippen LogP contribution in [0, 0.1) is 18.7 Å². The smallest absolute Gasteiger partial charge is 0.123 e. The third kappa shape index (κ3) is 2.28.